The van der Waals surface area contributed by atoms with Crippen LogP contribution in [0.15, 0.2) is 77.2 Å². The fraction of sp³-hybridized carbons (Fsp3) is 0.179. The average Bonchev–Trinajstić information content (AvgIpc) is 3.35. The van der Waals surface area contributed by atoms with Crippen LogP contribution in [-0.2, 0) is 24.0 Å². The van der Waals surface area contributed by atoms with E-state index < -0.39 is 17.6 Å². The number of amides is 1. The Morgan fingerprint density at radius 2 is 1.90 bits per heavy atom. The van der Waals surface area contributed by atoms with Crippen molar-refractivity contribution in [1.82, 2.24) is 10.4 Å². The number of hydrogen-bond acceptors (Lipinski definition) is 7. The Morgan fingerprint density at radius 1 is 1.10 bits per heavy atom. The predicted molar refractivity (Wildman–Crippen MR) is 157 cm³/mol. The van der Waals surface area contributed by atoms with E-state index in [-0.39, 0.29) is 12.1 Å². The summed E-state index contributed by atoms with van der Waals surface area (Å²) >= 11 is 3.35. The number of alkyl halides is 3. The van der Waals surface area contributed by atoms with Gasteiger partial charge in [0.25, 0.3) is 0 Å². The Balaban J connectivity index is 1.34. The van der Waals surface area contributed by atoms with Gasteiger partial charge in [0.2, 0.25) is 5.91 Å². The standard InChI is InChI=1S/C28H24F3IN4O3S/c1-2-38-24-12-19(11-23(32)26(24)39-16-18-7-4-3-5-8-18)15-33-36-25(37)14-22-17-40-27(35-22)34-21-10-6-9-20(13-21)28(29,30)31/h3-13,15,17H,2,14,16H2,1H3,(H,34,35)(H,36,37)/b33-15-. The lowest BCUT2D eigenvalue weighted by Crippen LogP contribution is -2.20. The molecular weight excluding hydrogens is 656 g/mol. The number of anilines is 2. The van der Waals surface area contributed by atoms with E-state index in [9.17, 15) is 18.0 Å². The number of carbonyl (C=O) groups excluding carboxylic acids is 1. The van der Waals surface area contributed by atoms with Crippen molar-refractivity contribution < 1.29 is 27.4 Å². The number of nitrogens with one attached hydrogen (secondary N) is 2. The minimum atomic E-state index is -4.44. The number of thiazole rings is 1. The summed E-state index contributed by atoms with van der Waals surface area (Å²) < 4.78 is 51.4. The van der Waals surface area contributed by atoms with Crippen LogP contribution in [0.4, 0.5) is 24.0 Å². The summed E-state index contributed by atoms with van der Waals surface area (Å²) in [5, 5.41) is 8.91. The Morgan fingerprint density at radius 3 is 2.65 bits per heavy atom. The second kappa shape index (κ2) is 13.6. The average molecular weight is 680 g/mol. The van der Waals surface area contributed by atoms with Crippen LogP contribution in [0.5, 0.6) is 11.5 Å². The smallest absolute Gasteiger partial charge is 0.416 e. The van der Waals surface area contributed by atoms with E-state index in [1.807, 2.05) is 43.3 Å². The second-order valence-corrected chi connectivity index (χ2v) is 10.4. The van der Waals surface area contributed by atoms with Crippen LogP contribution in [0.3, 0.4) is 0 Å². The molecule has 0 aliphatic heterocycles. The van der Waals surface area contributed by atoms with Crippen LogP contribution in [0.25, 0.3) is 0 Å². The van der Waals surface area contributed by atoms with Gasteiger partial charge in [-0.25, -0.2) is 10.4 Å². The molecule has 2 N–H and O–H groups in total. The molecule has 0 atom stereocenters. The van der Waals surface area contributed by atoms with Gasteiger partial charge in [-0.2, -0.15) is 18.3 Å². The first kappa shape index (κ1) is 29.3. The summed E-state index contributed by atoms with van der Waals surface area (Å²) in [6.45, 7) is 2.73. The summed E-state index contributed by atoms with van der Waals surface area (Å²) in [4.78, 5) is 16.7. The zero-order valence-electron chi connectivity index (χ0n) is 21.2. The van der Waals surface area contributed by atoms with Crippen molar-refractivity contribution in [2.75, 3.05) is 11.9 Å². The van der Waals surface area contributed by atoms with Gasteiger partial charge < -0.3 is 14.8 Å². The Kier molecular flexibility index (Phi) is 9.98. The molecule has 4 aromatic rings. The molecular formula is C28H24F3IN4O3S. The van der Waals surface area contributed by atoms with Gasteiger partial charge in [0.15, 0.2) is 16.6 Å². The molecule has 1 heterocycles. The molecule has 0 aliphatic rings. The van der Waals surface area contributed by atoms with Crippen molar-refractivity contribution in [1.29, 1.82) is 0 Å². The van der Waals surface area contributed by atoms with E-state index in [1.165, 1.54) is 29.7 Å². The van der Waals surface area contributed by atoms with Crippen LogP contribution < -0.4 is 20.2 Å². The highest BCUT2D eigenvalue weighted by Gasteiger charge is 2.30. The minimum Gasteiger partial charge on any atom is -0.490 e. The Hall–Kier alpha value is -3.65. The molecule has 3 aromatic carbocycles. The van der Waals surface area contributed by atoms with Crippen LogP contribution in [0.2, 0.25) is 0 Å². The van der Waals surface area contributed by atoms with E-state index >= 15 is 0 Å². The molecule has 1 aromatic heterocycles. The number of rotatable bonds is 11. The third-order valence-electron chi connectivity index (χ3n) is 5.30. The summed E-state index contributed by atoms with van der Waals surface area (Å²) in [6, 6.07) is 18.3. The molecule has 12 heteroatoms. The number of benzene rings is 3. The molecule has 0 radical (unpaired) electrons. The first-order valence-corrected chi connectivity index (χ1v) is 14.0. The molecule has 0 saturated heterocycles. The third kappa shape index (κ3) is 8.42. The summed E-state index contributed by atoms with van der Waals surface area (Å²) in [5.74, 6) is 0.807. The quantitative estimate of drug-likeness (QED) is 0.0997. The van der Waals surface area contributed by atoms with Crippen LogP contribution >= 0.6 is 33.9 Å². The lowest BCUT2D eigenvalue weighted by molar-refractivity contribution is -0.137. The van der Waals surface area contributed by atoms with Gasteiger partial charge in [-0.05, 0) is 71.0 Å². The highest BCUT2D eigenvalue weighted by atomic mass is 127. The number of halogens is 4. The van der Waals surface area contributed by atoms with E-state index in [0.717, 1.165) is 21.3 Å². The molecule has 0 spiro atoms. The molecule has 1 amide bonds. The molecule has 0 unspecified atom stereocenters. The fourth-order valence-electron chi connectivity index (χ4n) is 3.52. The first-order valence-electron chi connectivity index (χ1n) is 12.0. The van der Waals surface area contributed by atoms with E-state index in [2.05, 4.69) is 43.4 Å². The predicted octanol–water partition coefficient (Wildman–Crippen LogP) is 7.18. The number of ether oxygens (including phenoxy) is 2. The lowest BCUT2D eigenvalue weighted by atomic mass is 10.2. The zero-order chi connectivity index (χ0) is 28.5. The maximum Gasteiger partial charge on any atom is 0.416 e. The maximum absolute atomic E-state index is 12.9. The van der Waals surface area contributed by atoms with Crippen molar-refractivity contribution in [3.8, 4) is 11.5 Å². The normalized spacial score (nSPS) is 11.4. The van der Waals surface area contributed by atoms with E-state index in [1.54, 1.807) is 11.4 Å². The zero-order valence-corrected chi connectivity index (χ0v) is 24.1. The largest absolute Gasteiger partial charge is 0.490 e. The van der Waals surface area contributed by atoms with Gasteiger partial charge in [-0.15, -0.1) is 11.3 Å². The van der Waals surface area contributed by atoms with Gasteiger partial charge in [0.05, 0.1) is 34.1 Å². The summed E-state index contributed by atoms with van der Waals surface area (Å²) in [7, 11) is 0. The number of hydrazone groups is 1. The maximum atomic E-state index is 12.9. The van der Waals surface area contributed by atoms with Gasteiger partial charge in [0.1, 0.15) is 6.61 Å². The van der Waals surface area contributed by atoms with Crippen LogP contribution in [-0.4, -0.2) is 23.7 Å². The van der Waals surface area contributed by atoms with Gasteiger partial charge in [-0.3, -0.25) is 4.79 Å². The molecule has 40 heavy (non-hydrogen) atoms. The SMILES string of the molecule is CCOc1cc(/C=N\NC(=O)Cc2csc(Nc3cccc(C(F)(F)F)c3)n2)cc(I)c1OCc1ccccc1. The van der Waals surface area contributed by atoms with Crippen molar-refractivity contribution in [3.05, 3.63) is 98.1 Å². The molecule has 208 valence electrons. The van der Waals surface area contributed by atoms with Crippen molar-refractivity contribution in [3.63, 3.8) is 0 Å². The fourth-order valence-corrected chi connectivity index (χ4v) is 5.03. The summed E-state index contributed by atoms with van der Waals surface area (Å²) in [5.41, 5.74) is 4.17. The van der Waals surface area contributed by atoms with Gasteiger partial charge in [-0.1, -0.05) is 36.4 Å². The molecule has 0 bridgehead atoms. The minimum absolute atomic E-state index is 0.0495. The lowest BCUT2D eigenvalue weighted by Gasteiger charge is -2.14. The number of aromatic nitrogens is 1. The molecule has 0 saturated carbocycles. The number of nitrogens with zero attached hydrogens (tertiary/aromatic N) is 2. The van der Waals surface area contributed by atoms with Crippen LogP contribution in [0, 0.1) is 3.57 Å². The second-order valence-electron chi connectivity index (χ2n) is 8.35. The Labute approximate surface area is 246 Å². The molecule has 0 fully saturated rings. The Bertz CT molecular complexity index is 1480. The van der Waals surface area contributed by atoms with Crippen molar-refractivity contribution >= 4 is 56.9 Å². The van der Waals surface area contributed by atoms with Crippen molar-refractivity contribution in [2.45, 2.75) is 26.1 Å². The van der Waals surface area contributed by atoms with Crippen LogP contribution in [0.1, 0.15) is 29.3 Å². The first-order chi connectivity index (χ1) is 19.2. The molecule has 7 nitrogen and oxygen atoms in total. The number of carbonyl (C=O) groups is 1. The topological polar surface area (TPSA) is 84.8 Å². The highest BCUT2D eigenvalue weighted by molar-refractivity contribution is 14.1. The number of hydrogen-bond donors (Lipinski definition) is 2. The molecule has 4 rings (SSSR count). The van der Waals surface area contributed by atoms with Gasteiger partial charge in [0, 0.05) is 11.1 Å². The molecule has 0 aliphatic carbocycles. The third-order valence-corrected chi connectivity index (χ3v) is 6.90. The van der Waals surface area contributed by atoms with E-state index in [4.69, 9.17) is 9.47 Å². The van der Waals surface area contributed by atoms with E-state index in [0.29, 0.717) is 41.1 Å². The highest BCUT2D eigenvalue weighted by Crippen LogP contribution is 2.35. The summed E-state index contributed by atoms with van der Waals surface area (Å²) in [6.07, 6.45) is -2.98. The van der Waals surface area contributed by atoms with Gasteiger partial charge >= 0.3 is 6.18 Å². The van der Waals surface area contributed by atoms with Crippen molar-refractivity contribution in [2.24, 2.45) is 5.10 Å². The monoisotopic (exact) mass is 680 g/mol.